The zero-order chi connectivity index (χ0) is 13.1. The zero-order valence-electron chi connectivity index (χ0n) is 9.81. The van der Waals surface area contributed by atoms with Gasteiger partial charge in [0.05, 0.1) is 22.6 Å². The molecule has 1 aliphatic rings. The highest BCUT2D eigenvalue weighted by molar-refractivity contribution is 5.90. The highest BCUT2D eigenvalue weighted by Crippen LogP contribution is 2.31. The summed E-state index contributed by atoms with van der Waals surface area (Å²) in [6, 6.07) is 5.24. The fraction of sp³-hybridized carbons (Fsp3) is 0.333. The monoisotopic (exact) mass is 246 g/mol. The minimum Gasteiger partial charge on any atom is -0.465 e. The normalized spacial score (nSPS) is 14.3. The first-order valence-electron chi connectivity index (χ1n) is 5.70. The second-order valence-corrected chi connectivity index (χ2v) is 4.19. The number of benzene rings is 1. The second kappa shape index (κ2) is 4.84. The van der Waals surface area contributed by atoms with Crippen LogP contribution in [0, 0.1) is 11.3 Å². The van der Waals surface area contributed by atoms with Gasteiger partial charge in [0.1, 0.15) is 6.07 Å². The van der Waals surface area contributed by atoms with Crippen molar-refractivity contribution in [1.82, 2.24) is 0 Å². The molecule has 1 aromatic rings. The van der Waals surface area contributed by atoms with Gasteiger partial charge >= 0.3 is 6.09 Å². The zero-order valence-corrected chi connectivity index (χ0v) is 9.81. The SMILES string of the molecule is N#Cc1cc(N)c(NC(=O)O)cc1N1CCCC1. The Kier molecular flexibility index (Phi) is 3.24. The summed E-state index contributed by atoms with van der Waals surface area (Å²) in [4.78, 5) is 12.7. The molecule has 0 spiro atoms. The van der Waals surface area contributed by atoms with Crippen molar-refractivity contribution in [2.24, 2.45) is 0 Å². The number of nitriles is 1. The van der Waals surface area contributed by atoms with Gasteiger partial charge < -0.3 is 15.7 Å². The van der Waals surface area contributed by atoms with Gasteiger partial charge in [-0.25, -0.2) is 4.79 Å². The van der Waals surface area contributed by atoms with Crippen molar-refractivity contribution in [3.8, 4) is 6.07 Å². The molecule has 1 aliphatic heterocycles. The van der Waals surface area contributed by atoms with Crippen molar-refractivity contribution in [3.05, 3.63) is 17.7 Å². The number of carbonyl (C=O) groups is 1. The Bertz CT molecular complexity index is 516. The van der Waals surface area contributed by atoms with Crippen LogP contribution in [0.2, 0.25) is 0 Å². The van der Waals surface area contributed by atoms with Crippen LogP contribution < -0.4 is 16.0 Å². The minimum atomic E-state index is -1.17. The summed E-state index contributed by atoms with van der Waals surface area (Å²) in [5.41, 5.74) is 7.52. The molecule has 0 aliphatic carbocycles. The third-order valence-electron chi connectivity index (χ3n) is 2.98. The highest BCUT2D eigenvalue weighted by atomic mass is 16.4. The van der Waals surface area contributed by atoms with E-state index in [4.69, 9.17) is 16.1 Å². The topological polar surface area (TPSA) is 102 Å². The van der Waals surface area contributed by atoms with E-state index >= 15 is 0 Å². The van der Waals surface area contributed by atoms with Crippen LogP contribution >= 0.6 is 0 Å². The number of carboxylic acid groups (broad SMARTS) is 1. The average molecular weight is 246 g/mol. The molecule has 0 saturated carbocycles. The maximum Gasteiger partial charge on any atom is 0.409 e. The highest BCUT2D eigenvalue weighted by Gasteiger charge is 2.18. The Hall–Kier alpha value is -2.42. The first kappa shape index (κ1) is 12.0. The lowest BCUT2D eigenvalue weighted by Gasteiger charge is -2.20. The average Bonchev–Trinajstić information content (AvgIpc) is 2.84. The van der Waals surface area contributed by atoms with E-state index in [1.54, 1.807) is 6.07 Å². The maximum atomic E-state index is 10.7. The molecule has 1 fully saturated rings. The summed E-state index contributed by atoms with van der Waals surface area (Å²) in [6.07, 6.45) is 0.993. The minimum absolute atomic E-state index is 0.261. The van der Waals surface area contributed by atoms with E-state index in [1.165, 1.54) is 6.07 Å². The molecule has 2 rings (SSSR count). The molecule has 94 valence electrons. The molecule has 0 aromatic heterocycles. The summed E-state index contributed by atoms with van der Waals surface area (Å²) in [7, 11) is 0. The number of hydrogen-bond donors (Lipinski definition) is 3. The van der Waals surface area contributed by atoms with Crippen LogP contribution in [0.5, 0.6) is 0 Å². The van der Waals surface area contributed by atoms with Crippen molar-refractivity contribution >= 4 is 23.2 Å². The van der Waals surface area contributed by atoms with E-state index < -0.39 is 6.09 Å². The molecule has 1 amide bonds. The Morgan fingerprint density at radius 2 is 2.11 bits per heavy atom. The first-order valence-corrected chi connectivity index (χ1v) is 5.70. The van der Waals surface area contributed by atoms with Crippen LogP contribution in [0.15, 0.2) is 12.1 Å². The molecule has 0 unspecified atom stereocenters. The van der Waals surface area contributed by atoms with Gasteiger partial charge in [-0.3, -0.25) is 5.32 Å². The Morgan fingerprint density at radius 3 is 2.67 bits per heavy atom. The van der Waals surface area contributed by atoms with Crippen LogP contribution in [-0.4, -0.2) is 24.3 Å². The standard InChI is InChI=1S/C12H14N4O2/c13-7-8-5-9(14)10(15-12(17)18)6-11(8)16-3-1-2-4-16/h5-6,15H,1-4,14H2,(H,17,18). The number of amides is 1. The van der Waals surface area contributed by atoms with Gasteiger partial charge in [-0.2, -0.15) is 5.26 Å². The van der Waals surface area contributed by atoms with Crippen LogP contribution in [0.25, 0.3) is 0 Å². The fourth-order valence-electron chi connectivity index (χ4n) is 2.14. The number of nitrogens with zero attached hydrogens (tertiary/aromatic N) is 2. The van der Waals surface area contributed by atoms with Crippen LogP contribution in [0.4, 0.5) is 21.9 Å². The predicted molar refractivity (Wildman–Crippen MR) is 68.7 cm³/mol. The van der Waals surface area contributed by atoms with Gasteiger partial charge in [0.2, 0.25) is 0 Å². The smallest absolute Gasteiger partial charge is 0.409 e. The molecule has 4 N–H and O–H groups in total. The predicted octanol–water partition coefficient (Wildman–Crippen LogP) is 1.83. The van der Waals surface area contributed by atoms with Gasteiger partial charge in [-0.05, 0) is 25.0 Å². The molecule has 1 aromatic carbocycles. The van der Waals surface area contributed by atoms with E-state index in [0.717, 1.165) is 31.6 Å². The second-order valence-electron chi connectivity index (χ2n) is 4.19. The van der Waals surface area contributed by atoms with Gasteiger partial charge in [0, 0.05) is 13.1 Å². The quantitative estimate of drug-likeness (QED) is 0.691. The van der Waals surface area contributed by atoms with E-state index in [0.29, 0.717) is 11.3 Å². The van der Waals surface area contributed by atoms with Crippen LogP contribution in [0.1, 0.15) is 18.4 Å². The molecule has 6 nitrogen and oxygen atoms in total. The number of rotatable bonds is 2. The van der Waals surface area contributed by atoms with Crippen molar-refractivity contribution in [1.29, 1.82) is 5.26 Å². The lowest BCUT2D eigenvalue weighted by molar-refractivity contribution is 0.210. The van der Waals surface area contributed by atoms with E-state index in [-0.39, 0.29) is 5.69 Å². The molecule has 0 bridgehead atoms. The lowest BCUT2D eigenvalue weighted by atomic mass is 10.1. The molecule has 0 radical (unpaired) electrons. The van der Waals surface area contributed by atoms with Gasteiger partial charge in [0.15, 0.2) is 0 Å². The largest absolute Gasteiger partial charge is 0.465 e. The third kappa shape index (κ3) is 2.30. The number of anilines is 3. The summed E-state index contributed by atoms with van der Waals surface area (Å²) in [5, 5.41) is 20.1. The van der Waals surface area contributed by atoms with Crippen molar-refractivity contribution in [3.63, 3.8) is 0 Å². The van der Waals surface area contributed by atoms with Crippen molar-refractivity contribution in [2.45, 2.75) is 12.8 Å². The van der Waals surface area contributed by atoms with E-state index in [2.05, 4.69) is 16.3 Å². The number of hydrogen-bond acceptors (Lipinski definition) is 4. The number of nitrogens with one attached hydrogen (secondary N) is 1. The summed E-state index contributed by atoms with van der Waals surface area (Å²) in [5.74, 6) is 0. The summed E-state index contributed by atoms with van der Waals surface area (Å²) >= 11 is 0. The van der Waals surface area contributed by atoms with Gasteiger partial charge in [0.25, 0.3) is 0 Å². The number of nitrogen functional groups attached to an aromatic ring is 1. The number of nitrogens with two attached hydrogens (primary N) is 1. The van der Waals surface area contributed by atoms with Crippen LogP contribution in [-0.2, 0) is 0 Å². The lowest BCUT2D eigenvalue weighted by Crippen LogP contribution is -2.20. The Morgan fingerprint density at radius 1 is 1.44 bits per heavy atom. The van der Waals surface area contributed by atoms with Gasteiger partial charge in [-0.1, -0.05) is 0 Å². The molecule has 1 heterocycles. The first-order chi connectivity index (χ1) is 8.61. The maximum absolute atomic E-state index is 10.7. The molecular formula is C12H14N4O2. The van der Waals surface area contributed by atoms with Gasteiger partial charge in [-0.15, -0.1) is 0 Å². The Labute approximate surface area is 105 Å². The van der Waals surface area contributed by atoms with Crippen molar-refractivity contribution in [2.75, 3.05) is 29.0 Å². The molecular weight excluding hydrogens is 232 g/mol. The molecule has 0 atom stereocenters. The molecule has 6 heteroatoms. The van der Waals surface area contributed by atoms with E-state index in [9.17, 15) is 4.79 Å². The molecule has 18 heavy (non-hydrogen) atoms. The van der Waals surface area contributed by atoms with E-state index in [1.807, 2.05) is 0 Å². The summed E-state index contributed by atoms with van der Waals surface area (Å²) < 4.78 is 0. The molecule has 1 saturated heterocycles. The van der Waals surface area contributed by atoms with Crippen molar-refractivity contribution < 1.29 is 9.90 Å². The van der Waals surface area contributed by atoms with Crippen LogP contribution in [0.3, 0.4) is 0 Å². The Balaban J connectivity index is 2.42. The third-order valence-corrected chi connectivity index (χ3v) is 2.98. The fourth-order valence-corrected chi connectivity index (χ4v) is 2.14. The summed E-state index contributed by atoms with van der Waals surface area (Å²) in [6.45, 7) is 1.76.